The third-order valence-electron chi connectivity index (χ3n) is 6.36. The summed E-state index contributed by atoms with van der Waals surface area (Å²) in [6.07, 6.45) is 6.96. The molecule has 33 heavy (non-hydrogen) atoms. The van der Waals surface area contributed by atoms with Crippen LogP contribution < -0.4 is 15.1 Å². The highest BCUT2D eigenvalue weighted by atomic mass is 19.1. The smallest absolute Gasteiger partial charge is 0.225 e. The second-order valence-electron chi connectivity index (χ2n) is 9.01. The third-order valence-corrected chi connectivity index (χ3v) is 6.36. The lowest BCUT2D eigenvalue weighted by atomic mass is 10.1. The van der Waals surface area contributed by atoms with E-state index in [9.17, 15) is 4.39 Å². The molecule has 1 fully saturated rings. The van der Waals surface area contributed by atoms with E-state index in [0.717, 1.165) is 29.1 Å². The lowest BCUT2D eigenvalue weighted by Gasteiger charge is -2.35. The molecule has 0 spiro atoms. The van der Waals surface area contributed by atoms with Crippen molar-refractivity contribution in [1.82, 2.24) is 19.7 Å². The Morgan fingerprint density at radius 1 is 1.15 bits per heavy atom. The first-order valence-corrected chi connectivity index (χ1v) is 11.5. The average Bonchev–Trinajstić information content (AvgIpc) is 3.48. The number of nitrogens with zero attached hydrogens (tertiary/aromatic N) is 6. The quantitative estimate of drug-likeness (QED) is 0.550. The number of hydrogen-bond donors (Lipinski definition) is 1. The van der Waals surface area contributed by atoms with Crippen LogP contribution in [-0.2, 0) is 17.8 Å². The highest BCUT2D eigenvalue weighted by Gasteiger charge is 2.53. The Hall–Kier alpha value is -3.20. The molecule has 0 bridgehead atoms. The molecule has 5 rings (SSSR count). The number of anilines is 3. The molecule has 0 saturated carbocycles. The molecule has 0 amide bonds. The summed E-state index contributed by atoms with van der Waals surface area (Å²) in [6, 6.07) is 7.05. The minimum Gasteiger partial charge on any atom is -0.350 e. The van der Waals surface area contributed by atoms with Gasteiger partial charge in [-0.2, -0.15) is 10.1 Å². The van der Waals surface area contributed by atoms with Crippen molar-refractivity contribution in [3.8, 4) is 0 Å². The standard InChI is InChI=1S/C24H30FN7O/c1-5-19-21-23(33-21)30(4)20-12-27-24(29-22(20)32(19)15(2)3)26-10-17-11-28-31(14-17)13-16-6-8-18(25)9-7-16/h6-9,11-12,14-15,19,21,23H,5,10,13H2,1-4H3,(H,26,27,29)/t19-,21?,23?/m1/s1. The lowest BCUT2D eigenvalue weighted by Crippen LogP contribution is -2.44. The van der Waals surface area contributed by atoms with Gasteiger partial charge < -0.3 is 19.9 Å². The van der Waals surface area contributed by atoms with Crippen molar-refractivity contribution in [2.75, 3.05) is 22.2 Å². The number of halogens is 1. The van der Waals surface area contributed by atoms with E-state index in [2.05, 4.69) is 46.0 Å². The van der Waals surface area contributed by atoms with Crippen molar-refractivity contribution in [2.45, 2.75) is 64.7 Å². The topological polar surface area (TPSA) is 74.6 Å². The third kappa shape index (κ3) is 4.25. The summed E-state index contributed by atoms with van der Waals surface area (Å²) >= 11 is 0. The Morgan fingerprint density at radius 2 is 1.94 bits per heavy atom. The number of rotatable bonds is 7. The molecule has 3 aromatic rings. The molecule has 1 aromatic carbocycles. The SMILES string of the molecule is CC[C@@H]1C2OC2N(C)c2cnc(NCc3cnn(Cc4ccc(F)cc4)c3)nc2N1C(C)C. The first kappa shape index (κ1) is 21.6. The van der Waals surface area contributed by atoms with Gasteiger partial charge in [-0.05, 0) is 38.0 Å². The Balaban J connectivity index is 1.31. The maximum absolute atomic E-state index is 13.1. The van der Waals surface area contributed by atoms with Gasteiger partial charge in [0.05, 0.1) is 25.0 Å². The van der Waals surface area contributed by atoms with Crippen molar-refractivity contribution >= 4 is 17.5 Å². The van der Waals surface area contributed by atoms with Gasteiger partial charge in [0.2, 0.25) is 5.95 Å². The normalized spacial score (nSPS) is 21.6. The molecular weight excluding hydrogens is 421 g/mol. The minimum atomic E-state index is -0.234. The zero-order chi connectivity index (χ0) is 23.1. The van der Waals surface area contributed by atoms with E-state index in [1.807, 2.05) is 30.3 Å². The molecule has 1 saturated heterocycles. The number of epoxide rings is 1. The van der Waals surface area contributed by atoms with Crippen LogP contribution in [0.4, 0.5) is 21.8 Å². The fourth-order valence-corrected chi connectivity index (χ4v) is 4.65. The van der Waals surface area contributed by atoms with Crippen LogP contribution in [0.3, 0.4) is 0 Å². The van der Waals surface area contributed by atoms with Crippen molar-refractivity contribution < 1.29 is 9.13 Å². The molecule has 4 heterocycles. The fraction of sp³-hybridized carbons (Fsp3) is 0.458. The number of benzene rings is 1. The molecule has 2 aromatic heterocycles. The fourth-order valence-electron chi connectivity index (χ4n) is 4.65. The largest absolute Gasteiger partial charge is 0.350 e. The molecule has 174 valence electrons. The number of aromatic nitrogens is 4. The summed E-state index contributed by atoms with van der Waals surface area (Å²) < 4.78 is 20.9. The number of ether oxygens (including phenoxy) is 1. The number of hydrogen-bond acceptors (Lipinski definition) is 7. The summed E-state index contributed by atoms with van der Waals surface area (Å²) in [7, 11) is 2.05. The van der Waals surface area contributed by atoms with Crippen LogP contribution >= 0.6 is 0 Å². The van der Waals surface area contributed by atoms with E-state index in [1.165, 1.54) is 12.1 Å². The van der Waals surface area contributed by atoms with Crippen molar-refractivity contribution in [3.63, 3.8) is 0 Å². The number of likely N-dealkylation sites (N-methyl/N-ethyl adjacent to an activating group) is 1. The van der Waals surface area contributed by atoms with E-state index >= 15 is 0 Å². The minimum absolute atomic E-state index is 0.0896. The Bertz CT molecular complexity index is 1120. The Morgan fingerprint density at radius 3 is 2.67 bits per heavy atom. The highest BCUT2D eigenvalue weighted by molar-refractivity contribution is 5.70. The predicted octanol–water partition coefficient (Wildman–Crippen LogP) is 3.64. The van der Waals surface area contributed by atoms with E-state index in [-0.39, 0.29) is 30.2 Å². The molecule has 0 radical (unpaired) electrons. The van der Waals surface area contributed by atoms with Gasteiger partial charge in [0.15, 0.2) is 12.0 Å². The second-order valence-corrected chi connectivity index (χ2v) is 9.01. The van der Waals surface area contributed by atoms with Crippen LogP contribution in [0.1, 0.15) is 38.3 Å². The molecule has 3 atom stereocenters. The number of nitrogens with one attached hydrogen (secondary N) is 1. The molecule has 2 aliphatic heterocycles. The first-order chi connectivity index (χ1) is 15.9. The maximum atomic E-state index is 13.1. The molecule has 8 nitrogen and oxygen atoms in total. The van der Waals surface area contributed by atoms with Crippen LogP contribution in [0.15, 0.2) is 42.9 Å². The van der Waals surface area contributed by atoms with Gasteiger partial charge in [-0.1, -0.05) is 19.1 Å². The number of fused-ring (bicyclic) bond motifs is 2. The molecule has 2 unspecified atom stereocenters. The van der Waals surface area contributed by atoms with E-state index < -0.39 is 0 Å². The molecule has 1 N–H and O–H groups in total. The van der Waals surface area contributed by atoms with Gasteiger partial charge in [0, 0.05) is 31.4 Å². The predicted molar refractivity (Wildman–Crippen MR) is 126 cm³/mol. The first-order valence-electron chi connectivity index (χ1n) is 11.5. The van der Waals surface area contributed by atoms with Gasteiger partial charge in [-0.25, -0.2) is 9.37 Å². The van der Waals surface area contributed by atoms with Crippen LogP contribution in [0.2, 0.25) is 0 Å². The highest BCUT2D eigenvalue weighted by Crippen LogP contribution is 2.44. The van der Waals surface area contributed by atoms with Gasteiger partial charge >= 0.3 is 0 Å². The van der Waals surface area contributed by atoms with Crippen molar-refractivity contribution in [2.24, 2.45) is 0 Å². The monoisotopic (exact) mass is 451 g/mol. The van der Waals surface area contributed by atoms with Crippen LogP contribution in [0.25, 0.3) is 0 Å². The summed E-state index contributed by atoms with van der Waals surface area (Å²) in [5, 5.41) is 7.77. The Labute approximate surface area is 193 Å². The molecule has 0 aliphatic carbocycles. The lowest BCUT2D eigenvalue weighted by molar-refractivity contribution is 0.326. The van der Waals surface area contributed by atoms with Gasteiger partial charge in [0.1, 0.15) is 17.6 Å². The summed E-state index contributed by atoms with van der Waals surface area (Å²) in [4.78, 5) is 14.0. The van der Waals surface area contributed by atoms with Crippen molar-refractivity contribution in [1.29, 1.82) is 0 Å². The van der Waals surface area contributed by atoms with Crippen LogP contribution in [-0.4, -0.2) is 51.2 Å². The van der Waals surface area contributed by atoms with Crippen LogP contribution in [0, 0.1) is 5.82 Å². The summed E-state index contributed by atoms with van der Waals surface area (Å²) in [5.74, 6) is 1.30. The second kappa shape index (κ2) is 8.62. The molecular formula is C24H30FN7O. The van der Waals surface area contributed by atoms with Crippen LogP contribution in [0.5, 0.6) is 0 Å². The zero-order valence-corrected chi connectivity index (χ0v) is 19.4. The van der Waals surface area contributed by atoms with E-state index in [1.54, 1.807) is 12.1 Å². The molecule has 9 heteroatoms. The average molecular weight is 452 g/mol. The Kier molecular flexibility index (Phi) is 5.65. The van der Waals surface area contributed by atoms with E-state index in [0.29, 0.717) is 19.0 Å². The summed E-state index contributed by atoms with van der Waals surface area (Å²) in [5.41, 5.74) is 3.01. The maximum Gasteiger partial charge on any atom is 0.225 e. The van der Waals surface area contributed by atoms with Crippen molar-refractivity contribution in [3.05, 3.63) is 59.8 Å². The summed E-state index contributed by atoms with van der Waals surface area (Å²) in [6.45, 7) is 7.74. The van der Waals surface area contributed by atoms with Gasteiger partial charge in [-0.15, -0.1) is 0 Å². The zero-order valence-electron chi connectivity index (χ0n) is 19.4. The van der Waals surface area contributed by atoms with E-state index in [4.69, 9.17) is 9.72 Å². The van der Waals surface area contributed by atoms with Gasteiger partial charge in [-0.3, -0.25) is 4.68 Å². The van der Waals surface area contributed by atoms with Gasteiger partial charge in [0.25, 0.3) is 0 Å². The molecule has 2 aliphatic rings.